The normalized spacial score (nSPS) is 33.0. The maximum atomic E-state index is 3.20. The molecule has 1 spiro atoms. The van der Waals surface area contributed by atoms with Gasteiger partial charge < -0.3 is 0 Å². The van der Waals surface area contributed by atoms with Crippen LogP contribution in [0.4, 0.5) is 0 Å². The summed E-state index contributed by atoms with van der Waals surface area (Å²) < 4.78 is 0. The van der Waals surface area contributed by atoms with Crippen molar-refractivity contribution in [3.63, 3.8) is 0 Å². The van der Waals surface area contributed by atoms with E-state index in [-0.39, 0.29) is 0 Å². The molecule has 0 aromatic carbocycles. The van der Waals surface area contributed by atoms with Gasteiger partial charge in [-0.2, -0.15) is 0 Å². The average Bonchev–Trinajstić information content (AvgIpc) is 2.52. The molecule has 2 fully saturated rings. The highest BCUT2D eigenvalue weighted by Crippen LogP contribution is 2.30. The molecular weight excluding hydrogens is 100 g/mol. The van der Waals surface area contributed by atoms with Crippen LogP contribution in [-0.4, -0.2) is 5.66 Å². The second-order valence-corrected chi connectivity index (χ2v) is 2.89. The summed E-state index contributed by atoms with van der Waals surface area (Å²) in [6.45, 7) is 0. The third-order valence-electron chi connectivity index (χ3n) is 2.19. The standard InChI is InChI=1S/C6H12N2/c1-2-4-6(5-3-1)7-8-6/h7-8H,1-5H2. The van der Waals surface area contributed by atoms with Crippen LogP contribution in [0, 0.1) is 0 Å². The van der Waals surface area contributed by atoms with Gasteiger partial charge in [0.25, 0.3) is 0 Å². The van der Waals surface area contributed by atoms with Crippen LogP contribution < -0.4 is 10.9 Å². The monoisotopic (exact) mass is 112 g/mol. The van der Waals surface area contributed by atoms with Crippen molar-refractivity contribution in [3.05, 3.63) is 0 Å². The van der Waals surface area contributed by atoms with Gasteiger partial charge in [-0.15, -0.1) is 0 Å². The lowest BCUT2D eigenvalue weighted by Crippen LogP contribution is -2.20. The van der Waals surface area contributed by atoms with Crippen LogP contribution in [0.2, 0.25) is 0 Å². The highest BCUT2D eigenvalue weighted by Gasteiger charge is 2.41. The second kappa shape index (κ2) is 1.45. The van der Waals surface area contributed by atoms with Gasteiger partial charge in [0.1, 0.15) is 0 Å². The Bertz CT molecular complexity index is 88.7. The smallest absolute Gasteiger partial charge is 0.0943 e. The van der Waals surface area contributed by atoms with Gasteiger partial charge in [0.05, 0.1) is 5.66 Å². The number of rotatable bonds is 0. The molecule has 1 aliphatic heterocycles. The van der Waals surface area contributed by atoms with Crippen molar-refractivity contribution in [2.75, 3.05) is 0 Å². The first-order valence-corrected chi connectivity index (χ1v) is 3.46. The molecule has 0 radical (unpaired) electrons. The predicted molar refractivity (Wildman–Crippen MR) is 32.1 cm³/mol. The Labute approximate surface area is 49.6 Å². The SMILES string of the molecule is C1CCC2(CC1)NN2. The van der Waals surface area contributed by atoms with Crippen LogP contribution >= 0.6 is 0 Å². The first-order valence-electron chi connectivity index (χ1n) is 3.46. The maximum Gasteiger partial charge on any atom is 0.0943 e. The summed E-state index contributed by atoms with van der Waals surface area (Å²) in [4.78, 5) is 0. The molecule has 0 aromatic rings. The summed E-state index contributed by atoms with van der Waals surface area (Å²) in [5, 5.41) is 0. The average molecular weight is 112 g/mol. The minimum atomic E-state index is 0.429. The van der Waals surface area contributed by atoms with E-state index in [1.54, 1.807) is 0 Å². The third-order valence-corrected chi connectivity index (χ3v) is 2.19. The Kier molecular flexibility index (Phi) is 0.866. The topological polar surface area (TPSA) is 43.9 Å². The summed E-state index contributed by atoms with van der Waals surface area (Å²) in [6.07, 6.45) is 6.92. The van der Waals surface area contributed by atoms with E-state index < -0.39 is 0 Å². The Morgan fingerprint density at radius 1 is 0.875 bits per heavy atom. The highest BCUT2D eigenvalue weighted by atomic mass is 15.7. The molecule has 1 heterocycles. The number of hydrazine groups is 1. The second-order valence-electron chi connectivity index (χ2n) is 2.89. The summed E-state index contributed by atoms with van der Waals surface area (Å²) in [6, 6.07) is 0. The van der Waals surface area contributed by atoms with Crippen molar-refractivity contribution in [2.45, 2.75) is 37.8 Å². The van der Waals surface area contributed by atoms with E-state index in [0.717, 1.165) is 0 Å². The molecule has 1 aliphatic carbocycles. The summed E-state index contributed by atoms with van der Waals surface area (Å²) in [5.41, 5.74) is 6.83. The van der Waals surface area contributed by atoms with Crippen molar-refractivity contribution < 1.29 is 0 Å². The van der Waals surface area contributed by atoms with E-state index >= 15 is 0 Å². The molecule has 0 unspecified atom stereocenters. The molecule has 2 heteroatoms. The van der Waals surface area contributed by atoms with Gasteiger partial charge in [-0.1, -0.05) is 19.3 Å². The lowest BCUT2D eigenvalue weighted by Gasteiger charge is -2.16. The first kappa shape index (κ1) is 4.77. The molecule has 0 atom stereocenters. The molecule has 2 N–H and O–H groups in total. The van der Waals surface area contributed by atoms with Crippen molar-refractivity contribution >= 4 is 0 Å². The van der Waals surface area contributed by atoms with Gasteiger partial charge >= 0.3 is 0 Å². The molecule has 1 saturated carbocycles. The number of hydrogen-bond acceptors (Lipinski definition) is 2. The third kappa shape index (κ3) is 0.644. The minimum absolute atomic E-state index is 0.429. The van der Waals surface area contributed by atoms with Gasteiger partial charge in [-0.05, 0) is 12.8 Å². The van der Waals surface area contributed by atoms with Crippen molar-refractivity contribution in [3.8, 4) is 0 Å². The van der Waals surface area contributed by atoms with Gasteiger partial charge in [-0.3, -0.25) is 0 Å². The van der Waals surface area contributed by atoms with Crippen molar-refractivity contribution in [1.82, 2.24) is 10.9 Å². The van der Waals surface area contributed by atoms with Crippen LogP contribution in [0.1, 0.15) is 32.1 Å². The van der Waals surface area contributed by atoms with Crippen LogP contribution in [-0.2, 0) is 0 Å². The maximum absolute atomic E-state index is 3.20. The summed E-state index contributed by atoms with van der Waals surface area (Å²) in [5.74, 6) is 0. The zero-order chi connectivity index (χ0) is 5.45. The van der Waals surface area contributed by atoms with Gasteiger partial charge in [0.2, 0.25) is 0 Å². The Morgan fingerprint density at radius 3 is 1.88 bits per heavy atom. The molecule has 8 heavy (non-hydrogen) atoms. The van der Waals surface area contributed by atoms with E-state index in [1.807, 2.05) is 0 Å². The lowest BCUT2D eigenvalue weighted by atomic mass is 9.93. The Balaban J connectivity index is 1.95. The van der Waals surface area contributed by atoms with E-state index in [0.29, 0.717) is 5.66 Å². The largest absolute Gasteiger partial charge is 0.235 e. The first-order chi connectivity index (χ1) is 3.91. The summed E-state index contributed by atoms with van der Waals surface area (Å²) in [7, 11) is 0. The van der Waals surface area contributed by atoms with Crippen LogP contribution in [0.15, 0.2) is 0 Å². The molecule has 2 aliphatic rings. The van der Waals surface area contributed by atoms with Gasteiger partial charge in [0.15, 0.2) is 0 Å². The van der Waals surface area contributed by atoms with Gasteiger partial charge in [0, 0.05) is 0 Å². The Hall–Kier alpha value is -0.0800. The van der Waals surface area contributed by atoms with E-state index in [2.05, 4.69) is 10.9 Å². The zero-order valence-corrected chi connectivity index (χ0v) is 5.04. The fraction of sp³-hybridized carbons (Fsp3) is 1.00. The van der Waals surface area contributed by atoms with E-state index in [1.165, 1.54) is 32.1 Å². The molecule has 2 nitrogen and oxygen atoms in total. The summed E-state index contributed by atoms with van der Waals surface area (Å²) >= 11 is 0. The molecule has 46 valence electrons. The molecular formula is C6H12N2. The number of hydrogen-bond donors (Lipinski definition) is 2. The molecule has 0 amide bonds. The predicted octanol–water partition coefficient (Wildman–Crippen LogP) is 0.755. The van der Waals surface area contributed by atoms with Crippen LogP contribution in [0.5, 0.6) is 0 Å². The van der Waals surface area contributed by atoms with Crippen LogP contribution in [0.25, 0.3) is 0 Å². The number of nitrogens with one attached hydrogen (secondary N) is 2. The molecule has 0 bridgehead atoms. The van der Waals surface area contributed by atoms with Gasteiger partial charge in [-0.25, -0.2) is 10.9 Å². The quantitative estimate of drug-likeness (QED) is 0.454. The lowest BCUT2D eigenvalue weighted by molar-refractivity contribution is 0.399. The molecule has 0 aromatic heterocycles. The van der Waals surface area contributed by atoms with Crippen molar-refractivity contribution in [2.24, 2.45) is 0 Å². The fourth-order valence-electron chi connectivity index (χ4n) is 1.49. The van der Waals surface area contributed by atoms with E-state index in [4.69, 9.17) is 0 Å². The van der Waals surface area contributed by atoms with E-state index in [9.17, 15) is 0 Å². The minimum Gasteiger partial charge on any atom is -0.235 e. The molecule has 2 rings (SSSR count). The zero-order valence-electron chi connectivity index (χ0n) is 5.04. The molecule has 1 saturated heterocycles. The Morgan fingerprint density at radius 2 is 1.50 bits per heavy atom. The van der Waals surface area contributed by atoms with Crippen molar-refractivity contribution in [1.29, 1.82) is 0 Å². The van der Waals surface area contributed by atoms with Crippen LogP contribution in [0.3, 0.4) is 0 Å². The fourth-order valence-corrected chi connectivity index (χ4v) is 1.49. The highest BCUT2D eigenvalue weighted by molar-refractivity contribution is 4.95.